The van der Waals surface area contributed by atoms with Crippen LogP contribution in [-0.4, -0.2) is 26.4 Å². The molecule has 0 saturated carbocycles. The van der Waals surface area contributed by atoms with Gasteiger partial charge in [0.2, 0.25) is 0 Å². The maximum atomic E-state index is 5.42. The van der Waals surface area contributed by atoms with E-state index in [1.54, 1.807) is 0 Å². The number of fused-ring (bicyclic) bond motifs is 7. The van der Waals surface area contributed by atoms with Gasteiger partial charge in [-0.1, -0.05) is 121 Å². The van der Waals surface area contributed by atoms with E-state index in [9.17, 15) is 0 Å². The summed E-state index contributed by atoms with van der Waals surface area (Å²) in [6.45, 7) is 2.68. The molecule has 1 saturated heterocycles. The van der Waals surface area contributed by atoms with Crippen LogP contribution in [0.25, 0.3) is 60.4 Å². The monoisotopic (exact) mass is 630 g/mol. The summed E-state index contributed by atoms with van der Waals surface area (Å²) in [4.78, 5) is 5.42. The first-order valence-corrected chi connectivity index (χ1v) is 17.0. The maximum Gasteiger partial charge on any atom is 0.115 e. The molecule has 1 fully saturated rings. The molecule has 2 aromatic heterocycles. The van der Waals surface area contributed by atoms with E-state index in [0.717, 1.165) is 5.71 Å². The minimum Gasteiger partial charge on any atom is -0.320 e. The Morgan fingerprint density at radius 1 is 0.633 bits per heavy atom. The third-order valence-corrected chi connectivity index (χ3v) is 10.4. The Morgan fingerprint density at radius 3 is 2.06 bits per heavy atom. The topological polar surface area (TPSA) is 44.2 Å². The lowest BCUT2D eigenvalue weighted by atomic mass is 9.89. The SMILES string of the molecule is Cc1cccc(C(=NCn2c3ccccc3c3cc(-c4ccc5c(c4)c4ccccc4n5-c4ccccc4)ccc32)C23C=CC=CC2N3)c1. The first-order valence-electron chi connectivity index (χ1n) is 17.0. The molecule has 8 aromatic rings. The smallest absolute Gasteiger partial charge is 0.115 e. The van der Waals surface area contributed by atoms with Crippen molar-refractivity contribution in [3.63, 3.8) is 0 Å². The number of aliphatic imine (C=N–C) groups is 1. The van der Waals surface area contributed by atoms with Gasteiger partial charge in [0.15, 0.2) is 0 Å². The third-order valence-electron chi connectivity index (χ3n) is 10.4. The summed E-state index contributed by atoms with van der Waals surface area (Å²) in [7, 11) is 0. The second kappa shape index (κ2) is 10.8. The van der Waals surface area contributed by atoms with Gasteiger partial charge >= 0.3 is 0 Å². The van der Waals surface area contributed by atoms with Gasteiger partial charge in [-0.05, 0) is 72.1 Å². The Balaban J connectivity index is 1.10. The molecule has 1 aliphatic heterocycles. The van der Waals surface area contributed by atoms with Crippen LogP contribution >= 0.6 is 0 Å². The molecule has 2 atom stereocenters. The van der Waals surface area contributed by atoms with Crippen molar-refractivity contribution in [2.45, 2.75) is 25.2 Å². The number of hydrogen-bond acceptors (Lipinski definition) is 2. The minimum atomic E-state index is -0.253. The summed E-state index contributed by atoms with van der Waals surface area (Å²) in [5.74, 6) is 0. The number of aromatic nitrogens is 2. The summed E-state index contributed by atoms with van der Waals surface area (Å²) >= 11 is 0. The molecule has 4 nitrogen and oxygen atoms in total. The number of allylic oxidation sites excluding steroid dienone is 2. The van der Waals surface area contributed by atoms with Gasteiger partial charge in [0.1, 0.15) is 6.67 Å². The standard InChI is InChI=1S/C45H34N4/c1-30-12-11-13-33(26-30)44(45-25-10-9-20-43(45)47-45)46-29-48-39-18-7-5-16-35(39)37-27-31(21-23-40(37)48)32-22-24-42-38(28-32)36-17-6-8-19-41(36)49(42)34-14-3-2-4-15-34/h2-28,43,47H,29H2,1H3. The number of nitrogens with zero attached hydrogens (tertiary/aromatic N) is 3. The van der Waals surface area contributed by atoms with E-state index in [0.29, 0.717) is 6.67 Å². The van der Waals surface area contributed by atoms with Crippen molar-refractivity contribution in [3.05, 3.63) is 175 Å². The molecule has 6 aromatic carbocycles. The van der Waals surface area contributed by atoms with Crippen LogP contribution in [0.3, 0.4) is 0 Å². The van der Waals surface area contributed by atoms with Gasteiger partial charge in [0.25, 0.3) is 0 Å². The molecule has 0 spiro atoms. The lowest BCUT2D eigenvalue weighted by Crippen LogP contribution is -2.29. The van der Waals surface area contributed by atoms with Crippen LogP contribution in [0, 0.1) is 6.92 Å². The summed E-state index contributed by atoms with van der Waals surface area (Å²) < 4.78 is 4.74. The van der Waals surface area contributed by atoms with Crippen molar-refractivity contribution in [1.82, 2.24) is 14.5 Å². The molecule has 0 radical (unpaired) electrons. The van der Waals surface area contributed by atoms with Crippen LogP contribution in [0.5, 0.6) is 0 Å². The van der Waals surface area contributed by atoms with Gasteiger partial charge in [-0.3, -0.25) is 10.3 Å². The van der Waals surface area contributed by atoms with Crippen molar-refractivity contribution in [2.24, 2.45) is 4.99 Å². The Kier molecular flexibility index (Phi) is 6.18. The van der Waals surface area contributed by atoms with Gasteiger partial charge in [-0.25, -0.2) is 0 Å². The summed E-state index contributed by atoms with van der Waals surface area (Å²) in [6, 6.07) is 50.9. The fraction of sp³-hybridized carbons (Fsp3) is 0.0889. The molecular weight excluding hydrogens is 597 g/mol. The summed E-state index contributed by atoms with van der Waals surface area (Å²) in [5, 5.41) is 8.72. The van der Waals surface area contributed by atoms with Crippen LogP contribution in [0.1, 0.15) is 11.1 Å². The lowest BCUT2D eigenvalue weighted by Gasteiger charge is -2.17. The van der Waals surface area contributed by atoms with Crippen LogP contribution in [-0.2, 0) is 6.67 Å². The normalized spacial score (nSPS) is 18.6. The van der Waals surface area contributed by atoms with Crippen LogP contribution in [0.2, 0.25) is 0 Å². The molecule has 234 valence electrons. The number of nitrogens with one attached hydrogen (secondary N) is 1. The zero-order valence-electron chi connectivity index (χ0n) is 27.2. The summed E-state index contributed by atoms with van der Waals surface area (Å²) in [6.07, 6.45) is 8.77. The van der Waals surface area contributed by atoms with Gasteiger partial charge in [0, 0.05) is 27.2 Å². The van der Waals surface area contributed by atoms with E-state index in [-0.39, 0.29) is 11.6 Å². The van der Waals surface area contributed by atoms with Gasteiger partial charge < -0.3 is 9.13 Å². The molecule has 0 bridgehead atoms. The number of para-hydroxylation sites is 3. The number of rotatable bonds is 6. The predicted molar refractivity (Wildman–Crippen MR) is 205 cm³/mol. The lowest BCUT2D eigenvalue weighted by molar-refractivity contribution is 0.783. The average molecular weight is 631 g/mol. The molecule has 10 rings (SSSR count). The quantitative estimate of drug-likeness (QED) is 0.144. The Morgan fingerprint density at radius 2 is 1.29 bits per heavy atom. The second-order valence-corrected chi connectivity index (χ2v) is 13.3. The fourth-order valence-electron chi connectivity index (χ4n) is 8.03. The maximum absolute atomic E-state index is 5.42. The van der Waals surface area contributed by atoms with Crippen LogP contribution in [0.15, 0.2) is 169 Å². The van der Waals surface area contributed by atoms with Gasteiger partial charge in [-0.15, -0.1) is 0 Å². The molecule has 49 heavy (non-hydrogen) atoms. The number of benzene rings is 6. The highest BCUT2D eigenvalue weighted by molar-refractivity contribution is 6.14. The largest absolute Gasteiger partial charge is 0.320 e. The number of hydrogen-bond donors (Lipinski definition) is 1. The Hall–Kier alpha value is -5.97. The van der Waals surface area contributed by atoms with Crippen molar-refractivity contribution in [1.29, 1.82) is 0 Å². The molecular formula is C45H34N4. The minimum absolute atomic E-state index is 0.253. The number of aryl methyl sites for hydroxylation is 1. The first kappa shape index (κ1) is 28.1. The molecule has 1 aliphatic carbocycles. The van der Waals surface area contributed by atoms with Crippen molar-refractivity contribution < 1.29 is 0 Å². The van der Waals surface area contributed by atoms with Crippen molar-refractivity contribution in [3.8, 4) is 16.8 Å². The van der Waals surface area contributed by atoms with Crippen LogP contribution in [0.4, 0.5) is 0 Å². The van der Waals surface area contributed by atoms with Gasteiger partial charge in [-0.2, -0.15) is 0 Å². The van der Waals surface area contributed by atoms with Crippen LogP contribution < -0.4 is 5.32 Å². The first-order chi connectivity index (χ1) is 24.2. The molecule has 0 amide bonds. The highest BCUT2D eigenvalue weighted by Crippen LogP contribution is 2.39. The van der Waals surface area contributed by atoms with Gasteiger partial charge in [0.05, 0.1) is 39.4 Å². The zero-order valence-corrected chi connectivity index (χ0v) is 27.2. The van der Waals surface area contributed by atoms with E-state index in [4.69, 9.17) is 4.99 Å². The highest BCUT2D eigenvalue weighted by atomic mass is 15.2. The fourth-order valence-corrected chi connectivity index (χ4v) is 8.03. The molecule has 3 heterocycles. The predicted octanol–water partition coefficient (Wildman–Crippen LogP) is 10.2. The third kappa shape index (κ3) is 4.38. The van der Waals surface area contributed by atoms with E-state index >= 15 is 0 Å². The van der Waals surface area contributed by atoms with E-state index in [1.807, 2.05) is 0 Å². The molecule has 2 unspecified atom stereocenters. The van der Waals surface area contributed by atoms with Crippen molar-refractivity contribution >= 4 is 49.3 Å². The molecule has 2 aliphatic rings. The highest BCUT2D eigenvalue weighted by Gasteiger charge is 2.55. The van der Waals surface area contributed by atoms with E-state index in [2.05, 4.69) is 185 Å². The Bertz CT molecular complexity index is 2690. The molecule has 4 heteroatoms. The summed E-state index contributed by atoms with van der Waals surface area (Å²) in [5.41, 5.74) is 11.7. The Labute approximate surface area is 285 Å². The van der Waals surface area contributed by atoms with Crippen molar-refractivity contribution in [2.75, 3.05) is 0 Å². The average Bonchev–Trinajstić information content (AvgIpc) is 3.70. The van der Waals surface area contributed by atoms with E-state index < -0.39 is 0 Å². The second-order valence-electron chi connectivity index (χ2n) is 13.3. The van der Waals surface area contributed by atoms with E-state index in [1.165, 1.54) is 71.6 Å². The molecule has 1 N–H and O–H groups in total. The zero-order chi connectivity index (χ0) is 32.5.